The van der Waals surface area contributed by atoms with Gasteiger partial charge < -0.3 is 9.47 Å². The third kappa shape index (κ3) is 5.61. The third-order valence-electron chi connectivity index (χ3n) is 2.49. The molecule has 0 amide bonds. The summed E-state index contributed by atoms with van der Waals surface area (Å²) in [4.78, 5) is 0. The van der Waals surface area contributed by atoms with Crippen molar-refractivity contribution in [2.45, 2.75) is 72.5 Å². The topological polar surface area (TPSA) is 18.5 Å². The summed E-state index contributed by atoms with van der Waals surface area (Å²) in [6, 6.07) is 0. The molecule has 0 rings (SSSR count). The minimum Gasteiger partial charge on any atom is -0.342 e. The normalized spacial score (nSPS) is 12.0. The standard InChI is InChI=1S/C12H25O2/c1-6-11(7-2)13-10(5)14-12(8-3)9-4/h11-12H,6-9H2,1-5H3. The number of hydrogen-bond acceptors (Lipinski definition) is 2. The van der Waals surface area contributed by atoms with Crippen LogP contribution in [0.3, 0.4) is 0 Å². The molecule has 0 unspecified atom stereocenters. The SMILES string of the molecule is CCC(CC)O[C](C)OC(CC)CC. The van der Waals surface area contributed by atoms with Crippen molar-refractivity contribution in [3.05, 3.63) is 6.29 Å². The van der Waals surface area contributed by atoms with Crippen molar-refractivity contribution in [1.29, 1.82) is 0 Å². The molecule has 2 nitrogen and oxygen atoms in total. The van der Waals surface area contributed by atoms with Crippen LogP contribution in [0.4, 0.5) is 0 Å². The third-order valence-corrected chi connectivity index (χ3v) is 2.49. The van der Waals surface area contributed by atoms with E-state index in [1.807, 2.05) is 6.92 Å². The highest BCUT2D eigenvalue weighted by Gasteiger charge is 2.15. The van der Waals surface area contributed by atoms with Gasteiger partial charge in [-0.25, -0.2) is 0 Å². The van der Waals surface area contributed by atoms with E-state index in [0.717, 1.165) is 32.0 Å². The molecule has 0 spiro atoms. The molecule has 0 fully saturated rings. The van der Waals surface area contributed by atoms with E-state index in [4.69, 9.17) is 9.47 Å². The van der Waals surface area contributed by atoms with Crippen molar-refractivity contribution in [2.75, 3.05) is 0 Å². The fourth-order valence-corrected chi connectivity index (χ4v) is 1.41. The minimum atomic E-state index is 0.310. The molecule has 0 atom stereocenters. The molecular weight excluding hydrogens is 176 g/mol. The van der Waals surface area contributed by atoms with Gasteiger partial charge in [0.15, 0.2) is 0 Å². The Balaban J connectivity index is 3.77. The Morgan fingerprint density at radius 2 is 1.07 bits per heavy atom. The molecule has 0 saturated carbocycles. The van der Waals surface area contributed by atoms with Gasteiger partial charge in [-0.3, -0.25) is 0 Å². The molecule has 0 bridgehead atoms. The largest absolute Gasteiger partial charge is 0.342 e. The van der Waals surface area contributed by atoms with Crippen LogP contribution in [0.25, 0.3) is 0 Å². The highest BCUT2D eigenvalue weighted by atomic mass is 16.7. The molecule has 0 N–H and O–H groups in total. The van der Waals surface area contributed by atoms with Crippen LogP contribution in [0.2, 0.25) is 0 Å². The second kappa shape index (κ2) is 8.25. The van der Waals surface area contributed by atoms with Crippen molar-refractivity contribution in [2.24, 2.45) is 0 Å². The summed E-state index contributed by atoms with van der Waals surface area (Å²) in [5, 5.41) is 0. The van der Waals surface area contributed by atoms with Gasteiger partial charge in [0.1, 0.15) is 0 Å². The van der Waals surface area contributed by atoms with Gasteiger partial charge in [0.2, 0.25) is 6.29 Å². The number of rotatable bonds is 8. The molecule has 0 aliphatic carbocycles. The van der Waals surface area contributed by atoms with Crippen LogP contribution in [0, 0.1) is 6.29 Å². The lowest BCUT2D eigenvalue weighted by Crippen LogP contribution is -2.20. The first kappa shape index (κ1) is 13.9. The van der Waals surface area contributed by atoms with E-state index in [1.54, 1.807) is 0 Å². The van der Waals surface area contributed by atoms with Crippen molar-refractivity contribution in [1.82, 2.24) is 0 Å². The monoisotopic (exact) mass is 201 g/mol. The second-order valence-corrected chi connectivity index (χ2v) is 3.60. The zero-order chi connectivity index (χ0) is 11.0. The lowest BCUT2D eigenvalue weighted by atomic mass is 10.2. The van der Waals surface area contributed by atoms with Crippen LogP contribution in [-0.2, 0) is 9.47 Å². The van der Waals surface area contributed by atoms with Crippen LogP contribution in [0.1, 0.15) is 60.3 Å². The highest BCUT2D eigenvalue weighted by Crippen LogP contribution is 2.17. The summed E-state index contributed by atoms with van der Waals surface area (Å²) in [5.74, 6) is 0. The average molecular weight is 201 g/mol. The summed E-state index contributed by atoms with van der Waals surface area (Å²) in [7, 11) is 0. The summed E-state index contributed by atoms with van der Waals surface area (Å²) >= 11 is 0. The summed E-state index contributed by atoms with van der Waals surface area (Å²) in [6.07, 6.45) is 5.52. The predicted octanol–water partition coefficient (Wildman–Crippen LogP) is 3.91. The van der Waals surface area contributed by atoms with Gasteiger partial charge in [-0.05, 0) is 32.6 Å². The van der Waals surface area contributed by atoms with Crippen LogP contribution in [-0.4, -0.2) is 12.2 Å². The molecule has 0 aliphatic heterocycles. The summed E-state index contributed by atoms with van der Waals surface area (Å²) in [6.45, 7) is 10.5. The molecule has 0 heterocycles. The molecule has 14 heavy (non-hydrogen) atoms. The van der Waals surface area contributed by atoms with Crippen LogP contribution in [0.5, 0.6) is 0 Å². The van der Waals surface area contributed by atoms with E-state index in [-0.39, 0.29) is 0 Å². The highest BCUT2D eigenvalue weighted by molar-refractivity contribution is 4.65. The summed E-state index contributed by atoms with van der Waals surface area (Å²) < 4.78 is 11.4. The first-order valence-corrected chi connectivity index (χ1v) is 5.84. The van der Waals surface area contributed by atoms with Gasteiger partial charge in [-0.2, -0.15) is 0 Å². The van der Waals surface area contributed by atoms with Gasteiger partial charge in [-0.15, -0.1) is 0 Å². The van der Waals surface area contributed by atoms with E-state index in [2.05, 4.69) is 27.7 Å². The van der Waals surface area contributed by atoms with Crippen molar-refractivity contribution in [3.63, 3.8) is 0 Å². The fraction of sp³-hybridized carbons (Fsp3) is 0.917. The number of hydrogen-bond donors (Lipinski definition) is 0. The van der Waals surface area contributed by atoms with Gasteiger partial charge in [0, 0.05) is 0 Å². The van der Waals surface area contributed by atoms with Gasteiger partial charge in [0.05, 0.1) is 12.2 Å². The molecular formula is C12H25O2. The average Bonchev–Trinajstić information content (AvgIpc) is 2.22. The number of ether oxygens (including phenoxy) is 2. The first-order chi connectivity index (χ1) is 6.67. The Morgan fingerprint density at radius 1 is 0.786 bits per heavy atom. The van der Waals surface area contributed by atoms with E-state index >= 15 is 0 Å². The molecule has 0 aromatic rings. The molecule has 0 aromatic carbocycles. The predicted molar refractivity (Wildman–Crippen MR) is 59.8 cm³/mol. The van der Waals surface area contributed by atoms with Crippen LogP contribution in [0.15, 0.2) is 0 Å². The van der Waals surface area contributed by atoms with Crippen molar-refractivity contribution >= 4 is 0 Å². The van der Waals surface area contributed by atoms with Gasteiger partial charge in [-0.1, -0.05) is 27.7 Å². The molecule has 0 saturated heterocycles. The van der Waals surface area contributed by atoms with Crippen LogP contribution < -0.4 is 0 Å². The maximum atomic E-state index is 5.68. The zero-order valence-electron chi connectivity index (χ0n) is 10.3. The van der Waals surface area contributed by atoms with Crippen LogP contribution >= 0.6 is 0 Å². The Morgan fingerprint density at radius 3 is 1.29 bits per heavy atom. The minimum absolute atomic E-state index is 0.310. The molecule has 85 valence electrons. The lowest BCUT2D eigenvalue weighted by Gasteiger charge is -2.22. The fourth-order valence-electron chi connectivity index (χ4n) is 1.41. The molecule has 0 aliphatic rings. The smallest absolute Gasteiger partial charge is 0.221 e. The van der Waals surface area contributed by atoms with Gasteiger partial charge in [0.25, 0.3) is 0 Å². The Hall–Kier alpha value is -0.0800. The maximum absolute atomic E-state index is 5.68. The van der Waals surface area contributed by atoms with Crippen molar-refractivity contribution < 1.29 is 9.47 Å². The quantitative estimate of drug-likeness (QED) is 0.593. The second-order valence-electron chi connectivity index (χ2n) is 3.60. The molecule has 2 heteroatoms. The van der Waals surface area contributed by atoms with E-state index < -0.39 is 0 Å². The van der Waals surface area contributed by atoms with Crippen molar-refractivity contribution in [3.8, 4) is 0 Å². The van der Waals surface area contributed by atoms with Gasteiger partial charge >= 0.3 is 0 Å². The summed E-state index contributed by atoms with van der Waals surface area (Å²) in [5.41, 5.74) is 0. The Kier molecular flexibility index (Phi) is 8.20. The lowest BCUT2D eigenvalue weighted by molar-refractivity contribution is -0.104. The Bertz CT molecular complexity index is 103. The zero-order valence-corrected chi connectivity index (χ0v) is 10.3. The maximum Gasteiger partial charge on any atom is 0.221 e. The Labute approximate surface area is 89.0 Å². The van der Waals surface area contributed by atoms with E-state index in [0.29, 0.717) is 12.2 Å². The first-order valence-electron chi connectivity index (χ1n) is 5.84. The van der Waals surface area contributed by atoms with E-state index in [9.17, 15) is 0 Å². The molecule has 0 aromatic heterocycles. The molecule has 1 radical (unpaired) electrons. The van der Waals surface area contributed by atoms with E-state index in [1.165, 1.54) is 0 Å².